The molecule has 0 rings (SSSR count). The first-order chi connectivity index (χ1) is 34.5. The van der Waals surface area contributed by atoms with E-state index < -0.39 is 6.10 Å². The number of unbranched alkanes of at least 4 members (excludes halogenated alkanes) is 28. The highest BCUT2D eigenvalue weighted by atomic mass is 16.6. The fourth-order valence-electron chi connectivity index (χ4n) is 8.22. The van der Waals surface area contributed by atoms with Crippen molar-refractivity contribution in [1.82, 2.24) is 0 Å². The van der Waals surface area contributed by atoms with Gasteiger partial charge in [0, 0.05) is 19.3 Å². The van der Waals surface area contributed by atoms with Crippen LogP contribution in [0.25, 0.3) is 0 Å². The van der Waals surface area contributed by atoms with Gasteiger partial charge >= 0.3 is 17.9 Å². The lowest BCUT2D eigenvalue weighted by molar-refractivity contribution is -0.167. The second-order valence-corrected chi connectivity index (χ2v) is 19.5. The predicted molar refractivity (Wildman–Crippen MR) is 302 cm³/mol. The van der Waals surface area contributed by atoms with Crippen molar-refractivity contribution in [3.8, 4) is 0 Å². The molecule has 0 aromatic carbocycles. The quantitative estimate of drug-likeness (QED) is 0.0261. The summed E-state index contributed by atoms with van der Waals surface area (Å²) in [5.41, 5.74) is 0. The average Bonchev–Trinajstić information content (AvgIpc) is 3.36. The van der Waals surface area contributed by atoms with Crippen molar-refractivity contribution in [3.05, 3.63) is 85.1 Å². The maximum absolute atomic E-state index is 12.8. The first kappa shape index (κ1) is 66.6. The number of carbonyl (C=O) groups excluding carboxylic acids is 3. The molecule has 70 heavy (non-hydrogen) atoms. The number of ether oxygens (including phenoxy) is 3. The highest BCUT2D eigenvalue weighted by Crippen LogP contribution is 2.16. The Balaban J connectivity index is 4.45. The maximum Gasteiger partial charge on any atom is 0.306 e. The van der Waals surface area contributed by atoms with Crippen LogP contribution < -0.4 is 0 Å². The van der Waals surface area contributed by atoms with Crippen LogP contribution in [0.3, 0.4) is 0 Å². The second-order valence-electron chi connectivity index (χ2n) is 19.5. The van der Waals surface area contributed by atoms with Crippen LogP contribution in [0.15, 0.2) is 85.1 Å². The summed E-state index contributed by atoms with van der Waals surface area (Å²) in [5.74, 6) is -0.952. The number of hydrogen-bond donors (Lipinski definition) is 0. The van der Waals surface area contributed by atoms with Gasteiger partial charge in [0.1, 0.15) is 13.2 Å². The van der Waals surface area contributed by atoms with Gasteiger partial charge in [-0.2, -0.15) is 0 Å². The molecular formula is C64H110O6. The van der Waals surface area contributed by atoms with Crippen molar-refractivity contribution < 1.29 is 28.6 Å². The number of allylic oxidation sites excluding steroid dienone is 14. The van der Waals surface area contributed by atoms with Gasteiger partial charge in [0.05, 0.1) is 0 Å². The third-order valence-electron chi connectivity index (χ3n) is 12.6. The maximum atomic E-state index is 12.8. The molecule has 0 heterocycles. The molecule has 6 heteroatoms. The SMILES string of the molecule is CC/C=C/C/C=C/C/C=C/C/C=C/C/C=C/CCCC(=O)O[C@@H](COC(=O)CCCCCCCCCCC/C=C/C/C=C/CCCCC)COC(=O)CCCCCCCCCCCCCCCCCC. The van der Waals surface area contributed by atoms with E-state index in [1.54, 1.807) is 0 Å². The van der Waals surface area contributed by atoms with Gasteiger partial charge in [-0.15, -0.1) is 0 Å². The molecule has 0 bridgehead atoms. The van der Waals surface area contributed by atoms with E-state index in [9.17, 15) is 14.4 Å². The van der Waals surface area contributed by atoms with Gasteiger partial charge in [0.2, 0.25) is 0 Å². The zero-order chi connectivity index (χ0) is 50.7. The highest BCUT2D eigenvalue weighted by molar-refractivity contribution is 5.71. The standard InChI is InChI=1S/C64H110O6/c1-4-7-10-13-16-19-22-25-28-31-32-34-36-39-42-45-48-51-54-57-63(66)69-60-61(59-68-62(65)56-53-50-47-44-41-38-35-30-27-24-21-18-15-12-9-6-3)70-64(67)58-55-52-49-46-43-40-37-33-29-26-23-20-17-14-11-8-5-2/h8,11,16-17,19-20,25-26,28-29,37,40,46,49,61H,4-7,9-10,12-15,18,21-24,27,30-36,38-39,41-45,47-48,50-60H2,1-3H3/b11-8+,19-16+,20-17+,28-25+,29-26+,40-37+,49-46+/t61-/m1/s1. The Labute approximate surface area is 433 Å². The molecule has 0 aliphatic heterocycles. The Kier molecular flexibility index (Phi) is 55.3. The molecule has 0 saturated heterocycles. The van der Waals surface area contributed by atoms with E-state index in [0.29, 0.717) is 19.3 Å². The van der Waals surface area contributed by atoms with Gasteiger partial charge in [-0.05, 0) is 89.9 Å². The summed E-state index contributed by atoms with van der Waals surface area (Å²) < 4.78 is 16.8. The van der Waals surface area contributed by atoms with Gasteiger partial charge in [-0.3, -0.25) is 14.4 Å². The third-order valence-corrected chi connectivity index (χ3v) is 12.6. The fraction of sp³-hybridized carbons (Fsp3) is 0.734. The molecule has 0 aromatic heterocycles. The molecule has 0 aliphatic rings. The Hall–Kier alpha value is -3.41. The Bertz CT molecular complexity index is 1350. The van der Waals surface area contributed by atoms with Gasteiger partial charge in [0.15, 0.2) is 6.10 Å². The van der Waals surface area contributed by atoms with Crippen LogP contribution in [0.5, 0.6) is 0 Å². The van der Waals surface area contributed by atoms with E-state index in [-0.39, 0.29) is 37.5 Å². The second kappa shape index (κ2) is 58.2. The summed E-state index contributed by atoms with van der Waals surface area (Å²) in [5, 5.41) is 0. The molecule has 0 radical (unpaired) electrons. The van der Waals surface area contributed by atoms with Crippen molar-refractivity contribution in [2.24, 2.45) is 0 Å². The zero-order valence-electron chi connectivity index (χ0n) is 46.0. The fourth-order valence-corrected chi connectivity index (χ4v) is 8.22. The minimum atomic E-state index is -0.807. The predicted octanol–water partition coefficient (Wildman–Crippen LogP) is 19.9. The van der Waals surface area contributed by atoms with Crippen LogP contribution in [0.1, 0.15) is 284 Å². The molecule has 0 saturated carbocycles. The summed E-state index contributed by atoms with van der Waals surface area (Å²) in [6.07, 6.45) is 75.8. The van der Waals surface area contributed by atoms with Crippen molar-refractivity contribution in [3.63, 3.8) is 0 Å². The van der Waals surface area contributed by atoms with Crippen LogP contribution in [0.4, 0.5) is 0 Å². The molecule has 0 amide bonds. The number of rotatable bonds is 53. The lowest BCUT2D eigenvalue weighted by Crippen LogP contribution is -2.30. The summed E-state index contributed by atoms with van der Waals surface area (Å²) >= 11 is 0. The minimum absolute atomic E-state index is 0.0982. The van der Waals surface area contributed by atoms with Crippen LogP contribution in [0.2, 0.25) is 0 Å². The lowest BCUT2D eigenvalue weighted by atomic mass is 10.0. The molecule has 0 spiro atoms. The largest absolute Gasteiger partial charge is 0.462 e. The molecule has 402 valence electrons. The third kappa shape index (κ3) is 55.5. The summed E-state index contributed by atoms with van der Waals surface area (Å²) in [6, 6.07) is 0. The molecule has 0 aliphatic carbocycles. The molecule has 1 atom stereocenters. The van der Waals surface area contributed by atoms with Crippen LogP contribution in [0, 0.1) is 0 Å². The molecular weight excluding hydrogens is 865 g/mol. The Morgan fingerprint density at radius 3 is 0.943 bits per heavy atom. The van der Waals surface area contributed by atoms with Gasteiger partial charge < -0.3 is 14.2 Å². The van der Waals surface area contributed by atoms with E-state index in [0.717, 1.165) is 83.5 Å². The topological polar surface area (TPSA) is 78.9 Å². The molecule has 0 aromatic rings. The van der Waals surface area contributed by atoms with Gasteiger partial charge in [-0.25, -0.2) is 0 Å². The van der Waals surface area contributed by atoms with Crippen molar-refractivity contribution in [1.29, 1.82) is 0 Å². The first-order valence-corrected chi connectivity index (χ1v) is 29.6. The number of carbonyl (C=O) groups is 3. The molecule has 0 fully saturated rings. The van der Waals surface area contributed by atoms with Crippen LogP contribution >= 0.6 is 0 Å². The Morgan fingerprint density at radius 1 is 0.300 bits per heavy atom. The normalized spacial score (nSPS) is 12.7. The van der Waals surface area contributed by atoms with Gasteiger partial charge in [0.25, 0.3) is 0 Å². The van der Waals surface area contributed by atoms with E-state index >= 15 is 0 Å². The smallest absolute Gasteiger partial charge is 0.306 e. The van der Waals surface area contributed by atoms with E-state index in [1.807, 2.05) is 0 Å². The van der Waals surface area contributed by atoms with Crippen LogP contribution in [-0.2, 0) is 28.6 Å². The Morgan fingerprint density at radius 2 is 0.571 bits per heavy atom. The monoisotopic (exact) mass is 975 g/mol. The highest BCUT2D eigenvalue weighted by Gasteiger charge is 2.19. The lowest BCUT2D eigenvalue weighted by Gasteiger charge is -2.18. The van der Waals surface area contributed by atoms with Gasteiger partial charge in [-0.1, -0.05) is 260 Å². The first-order valence-electron chi connectivity index (χ1n) is 29.6. The summed E-state index contributed by atoms with van der Waals surface area (Å²) in [7, 11) is 0. The van der Waals surface area contributed by atoms with Crippen molar-refractivity contribution in [2.45, 2.75) is 290 Å². The van der Waals surface area contributed by atoms with E-state index in [1.165, 1.54) is 154 Å². The number of hydrogen-bond acceptors (Lipinski definition) is 6. The summed E-state index contributed by atoms with van der Waals surface area (Å²) in [4.78, 5) is 38.2. The summed E-state index contributed by atoms with van der Waals surface area (Å²) in [6.45, 7) is 6.48. The van der Waals surface area contributed by atoms with Crippen molar-refractivity contribution >= 4 is 17.9 Å². The number of esters is 3. The zero-order valence-corrected chi connectivity index (χ0v) is 46.0. The molecule has 6 nitrogen and oxygen atoms in total. The van der Waals surface area contributed by atoms with E-state index in [2.05, 4.69) is 106 Å². The van der Waals surface area contributed by atoms with Crippen molar-refractivity contribution in [2.75, 3.05) is 13.2 Å². The molecule has 0 N–H and O–H groups in total. The average molecular weight is 976 g/mol. The minimum Gasteiger partial charge on any atom is -0.462 e. The van der Waals surface area contributed by atoms with E-state index in [4.69, 9.17) is 14.2 Å². The molecule has 0 unspecified atom stereocenters. The van der Waals surface area contributed by atoms with Crippen LogP contribution in [-0.4, -0.2) is 37.2 Å².